The zero-order valence-corrected chi connectivity index (χ0v) is 10.1. The van der Waals surface area contributed by atoms with E-state index in [1.54, 1.807) is 0 Å². The summed E-state index contributed by atoms with van der Waals surface area (Å²) in [5.41, 5.74) is 1.32. The van der Waals surface area contributed by atoms with Crippen LogP contribution >= 0.6 is 11.6 Å². The summed E-state index contributed by atoms with van der Waals surface area (Å²) in [7, 11) is 0. The van der Waals surface area contributed by atoms with Crippen LogP contribution in [0.1, 0.15) is 24.8 Å². The predicted octanol–water partition coefficient (Wildman–Crippen LogP) is 3.29. The lowest BCUT2D eigenvalue weighted by Gasteiger charge is -2.29. The molecule has 2 unspecified atom stereocenters. The Kier molecular flexibility index (Phi) is 2.49. The Morgan fingerprint density at radius 1 is 1.25 bits per heavy atom. The molecule has 0 amide bonds. The Morgan fingerprint density at radius 2 is 1.94 bits per heavy atom. The van der Waals surface area contributed by atoms with Crippen molar-refractivity contribution in [1.29, 1.82) is 0 Å². The first-order valence-electron chi connectivity index (χ1n) is 6.07. The standard InChI is InChI=1S/C14H17ClO/c15-13-4-2-1-3-10(13)6-14(9-16)7-11-5-12(11)8-14/h1-4,11-12,16H,5-9H2. The van der Waals surface area contributed by atoms with Crippen LogP contribution in [-0.2, 0) is 6.42 Å². The molecule has 0 aromatic heterocycles. The van der Waals surface area contributed by atoms with Crippen molar-refractivity contribution in [1.82, 2.24) is 0 Å². The molecular formula is C14H17ClO. The molecule has 86 valence electrons. The first-order valence-corrected chi connectivity index (χ1v) is 6.44. The molecule has 0 spiro atoms. The minimum absolute atomic E-state index is 0.124. The Bertz CT molecular complexity index is 391. The highest BCUT2D eigenvalue weighted by Gasteiger charge is 2.53. The van der Waals surface area contributed by atoms with Gasteiger partial charge in [-0.25, -0.2) is 0 Å². The molecule has 3 rings (SSSR count). The van der Waals surface area contributed by atoms with E-state index in [1.165, 1.54) is 24.8 Å². The molecule has 1 aromatic rings. The molecule has 1 N–H and O–H groups in total. The molecule has 0 aliphatic heterocycles. The van der Waals surface area contributed by atoms with Gasteiger partial charge in [-0.2, -0.15) is 0 Å². The molecule has 16 heavy (non-hydrogen) atoms. The average Bonchev–Trinajstić information content (AvgIpc) is 2.91. The minimum Gasteiger partial charge on any atom is -0.396 e. The van der Waals surface area contributed by atoms with Gasteiger partial charge in [-0.15, -0.1) is 0 Å². The fraction of sp³-hybridized carbons (Fsp3) is 0.571. The number of rotatable bonds is 3. The molecular weight excluding hydrogens is 220 g/mol. The molecule has 1 aromatic carbocycles. The van der Waals surface area contributed by atoms with Crippen molar-refractivity contribution in [2.24, 2.45) is 17.3 Å². The highest BCUT2D eigenvalue weighted by molar-refractivity contribution is 6.31. The number of aliphatic hydroxyl groups is 1. The summed E-state index contributed by atoms with van der Waals surface area (Å²) in [5, 5.41) is 10.5. The van der Waals surface area contributed by atoms with Crippen molar-refractivity contribution >= 4 is 11.6 Å². The number of halogens is 1. The van der Waals surface area contributed by atoms with Gasteiger partial charge < -0.3 is 5.11 Å². The minimum atomic E-state index is 0.124. The van der Waals surface area contributed by atoms with E-state index in [2.05, 4.69) is 6.07 Å². The third-order valence-electron chi connectivity index (χ3n) is 4.32. The summed E-state index contributed by atoms with van der Waals surface area (Å²) >= 11 is 6.19. The van der Waals surface area contributed by atoms with E-state index in [9.17, 15) is 5.11 Å². The van der Waals surface area contributed by atoms with E-state index in [0.29, 0.717) is 6.61 Å². The van der Waals surface area contributed by atoms with Crippen LogP contribution in [0.5, 0.6) is 0 Å². The second-order valence-electron chi connectivity index (χ2n) is 5.59. The molecule has 2 heteroatoms. The van der Waals surface area contributed by atoms with Gasteiger partial charge in [0.25, 0.3) is 0 Å². The van der Waals surface area contributed by atoms with Gasteiger partial charge in [0, 0.05) is 11.6 Å². The SMILES string of the molecule is OCC1(Cc2ccccc2Cl)CC2CC2C1. The van der Waals surface area contributed by atoms with Crippen molar-refractivity contribution in [3.8, 4) is 0 Å². The molecule has 2 fully saturated rings. The molecule has 0 heterocycles. The molecule has 2 saturated carbocycles. The van der Waals surface area contributed by atoms with Crippen molar-refractivity contribution in [3.63, 3.8) is 0 Å². The predicted molar refractivity (Wildman–Crippen MR) is 65.5 cm³/mol. The van der Waals surface area contributed by atoms with Gasteiger partial charge in [0.1, 0.15) is 0 Å². The summed E-state index contributed by atoms with van der Waals surface area (Å²) in [5.74, 6) is 1.80. The number of hydrogen-bond donors (Lipinski definition) is 1. The first-order chi connectivity index (χ1) is 7.72. The van der Waals surface area contributed by atoms with E-state index in [1.807, 2.05) is 18.2 Å². The zero-order valence-electron chi connectivity index (χ0n) is 9.32. The lowest BCUT2D eigenvalue weighted by molar-refractivity contribution is 0.117. The number of benzene rings is 1. The van der Waals surface area contributed by atoms with E-state index in [0.717, 1.165) is 23.3 Å². The Morgan fingerprint density at radius 3 is 2.56 bits per heavy atom. The number of hydrogen-bond acceptors (Lipinski definition) is 1. The van der Waals surface area contributed by atoms with Gasteiger partial charge in [0.2, 0.25) is 0 Å². The van der Waals surface area contributed by atoms with Crippen molar-refractivity contribution < 1.29 is 5.11 Å². The monoisotopic (exact) mass is 236 g/mol. The maximum atomic E-state index is 9.66. The number of aliphatic hydroxyl groups excluding tert-OH is 1. The van der Waals surface area contributed by atoms with Crippen LogP contribution in [0.4, 0.5) is 0 Å². The van der Waals surface area contributed by atoms with Crippen LogP contribution < -0.4 is 0 Å². The smallest absolute Gasteiger partial charge is 0.0490 e. The van der Waals surface area contributed by atoms with Crippen LogP contribution in [0.15, 0.2) is 24.3 Å². The van der Waals surface area contributed by atoms with Gasteiger partial charge in [-0.05, 0) is 54.6 Å². The molecule has 0 saturated heterocycles. The molecule has 2 aliphatic rings. The van der Waals surface area contributed by atoms with E-state index in [4.69, 9.17) is 11.6 Å². The quantitative estimate of drug-likeness (QED) is 0.854. The zero-order chi connectivity index (χ0) is 11.2. The molecule has 0 bridgehead atoms. The summed E-state index contributed by atoms with van der Waals surface area (Å²) in [6.45, 7) is 0.311. The highest BCUT2D eigenvalue weighted by atomic mass is 35.5. The van der Waals surface area contributed by atoms with Crippen molar-refractivity contribution in [2.75, 3.05) is 6.61 Å². The van der Waals surface area contributed by atoms with Crippen molar-refractivity contribution in [2.45, 2.75) is 25.7 Å². The van der Waals surface area contributed by atoms with E-state index >= 15 is 0 Å². The summed E-state index contributed by atoms with van der Waals surface area (Å²) in [6.07, 6.45) is 4.72. The topological polar surface area (TPSA) is 20.2 Å². The first kappa shape index (κ1) is 10.6. The second kappa shape index (κ2) is 3.75. The third-order valence-corrected chi connectivity index (χ3v) is 4.69. The molecule has 1 nitrogen and oxygen atoms in total. The maximum Gasteiger partial charge on any atom is 0.0490 e. The normalized spacial score (nSPS) is 36.1. The van der Waals surface area contributed by atoms with E-state index in [-0.39, 0.29) is 5.41 Å². The van der Waals surface area contributed by atoms with Gasteiger partial charge >= 0.3 is 0 Å². The second-order valence-corrected chi connectivity index (χ2v) is 6.00. The molecule has 2 aliphatic carbocycles. The van der Waals surface area contributed by atoms with Crippen LogP contribution in [-0.4, -0.2) is 11.7 Å². The molecule has 0 radical (unpaired) electrons. The van der Waals surface area contributed by atoms with E-state index < -0.39 is 0 Å². The average molecular weight is 237 g/mol. The Balaban J connectivity index is 1.80. The summed E-state index contributed by atoms with van der Waals surface area (Å²) in [6, 6.07) is 8.02. The summed E-state index contributed by atoms with van der Waals surface area (Å²) in [4.78, 5) is 0. The Labute approximate surface area is 101 Å². The van der Waals surface area contributed by atoms with Crippen LogP contribution in [0.2, 0.25) is 5.02 Å². The van der Waals surface area contributed by atoms with Gasteiger partial charge in [0.05, 0.1) is 0 Å². The fourth-order valence-corrected chi connectivity index (χ4v) is 3.58. The lowest BCUT2D eigenvalue weighted by Crippen LogP contribution is -2.26. The third kappa shape index (κ3) is 1.76. The Hall–Kier alpha value is -0.530. The highest BCUT2D eigenvalue weighted by Crippen LogP contribution is 2.60. The lowest BCUT2D eigenvalue weighted by atomic mass is 9.78. The molecule has 2 atom stereocenters. The van der Waals surface area contributed by atoms with Gasteiger partial charge in [-0.3, -0.25) is 0 Å². The fourth-order valence-electron chi connectivity index (χ4n) is 3.38. The van der Waals surface area contributed by atoms with Gasteiger partial charge in [0.15, 0.2) is 0 Å². The van der Waals surface area contributed by atoms with Crippen LogP contribution in [0.25, 0.3) is 0 Å². The van der Waals surface area contributed by atoms with Crippen LogP contribution in [0, 0.1) is 17.3 Å². The van der Waals surface area contributed by atoms with Crippen molar-refractivity contribution in [3.05, 3.63) is 34.9 Å². The van der Waals surface area contributed by atoms with Gasteiger partial charge in [-0.1, -0.05) is 29.8 Å². The number of fused-ring (bicyclic) bond motifs is 1. The van der Waals surface area contributed by atoms with Crippen LogP contribution in [0.3, 0.4) is 0 Å². The largest absolute Gasteiger partial charge is 0.396 e. The maximum absolute atomic E-state index is 9.66. The summed E-state index contributed by atoms with van der Waals surface area (Å²) < 4.78 is 0.